The maximum absolute atomic E-state index is 12.4. The van der Waals surface area contributed by atoms with Crippen molar-refractivity contribution in [2.75, 3.05) is 18.5 Å². The van der Waals surface area contributed by atoms with Gasteiger partial charge in [-0.15, -0.1) is 11.3 Å². The molecule has 138 valence electrons. The molecule has 0 spiro atoms. The van der Waals surface area contributed by atoms with Gasteiger partial charge in [0.25, 0.3) is 0 Å². The van der Waals surface area contributed by atoms with Gasteiger partial charge < -0.3 is 15.0 Å². The van der Waals surface area contributed by atoms with Gasteiger partial charge in [0.2, 0.25) is 11.8 Å². The van der Waals surface area contributed by atoms with Crippen molar-refractivity contribution >= 4 is 28.8 Å². The van der Waals surface area contributed by atoms with Crippen molar-refractivity contribution in [2.24, 2.45) is 0 Å². The molecule has 0 aliphatic carbocycles. The van der Waals surface area contributed by atoms with Gasteiger partial charge in [0.1, 0.15) is 5.75 Å². The van der Waals surface area contributed by atoms with Crippen molar-refractivity contribution in [2.45, 2.75) is 39.2 Å². The van der Waals surface area contributed by atoms with Crippen molar-refractivity contribution in [3.05, 3.63) is 46.2 Å². The molecule has 5 nitrogen and oxygen atoms in total. The summed E-state index contributed by atoms with van der Waals surface area (Å²) in [5, 5.41) is 4.91. The number of rotatable bonds is 7. The molecule has 26 heavy (non-hydrogen) atoms. The van der Waals surface area contributed by atoms with E-state index in [2.05, 4.69) is 16.8 Å². The Morgan fingerprint density at radius 1 is 1.27 bits per heavy atom. The van der Waals surface area contributed by atoms with E-state index in [1.165, 1.54) is 10.4 Å². The van der Waals surface area contributed by atoms with E-state index in [0.29, 0.717) is 18.8 Å². The van der Waals surface area contributed by atoms with Crippen molar-refractivity contribution < 1.29 is 14.3 Å². The molecule has 1 aliphatic heterocycles. The van der Waals surface area contributed by atoms with E-state index in [-0.39, 0.29) is 24.7 Å². The first-order valence-electron chi connectivity index (χ1n) is 9.01. The second-order valence-corrected chi connectivity index (χ2v) is 7.36. The molecule has 2 amide bonds. The van der Waals surface area contributed by atoms with Gasteiger partial charge in [-0.2, -0.15) is 0 Å². The minimum atomic E-state index is -0.153. The summed E-state index contributed by atoms with van der Waals surface area (Å²) < 4.78 is 5.57. The number of hydrogen-bond acceptors (Lipinski definition) is 4. The van der Waals surface area contributed by atoms with Crippen molar-refractivity contribution in [1.29, 1.82) is 0 Å². The molecule has 0 unspecified atom stereocenters. The molecule has 0 bridgehead atoms. The largest absolute Gasteiger partial charge is 0.494 e. The van der Waals surface area contributed by atoms with Crippen LogP contribution in [0.5, 0.6) is 5.75 Å². The molecule has 0 fully saturated rings. The molecule has 3 rings (SSSR count). The summed E-state index contributed by atoms with van der Waals surface area (Å²) >= 11 is 1.75. The SMILES string of the molecule is CCCOc1cccc(NC(=O)CCC(=O)N2CCc3sccc3C2)c1. The van der Waals surface area contributed by atoms with E-state index in [9.17, 15) is 9.59 Å². The fourth-order valence-electron chi connectivity index (χ4n) is 2.95. The molecule has 1 aliphatic rings. The number of thiophene rings is 1. The maximum Gasteiger partial charge on any atom is 0.224 e. The summed E-state index contributed by atoms with van der Waals surface area (Å²) in [6.45, 7) is 4.10. The molecular formula is C20H24N2O3S. The Hall–Kier alpha value is -2.34. The lowest BCUT2D eigenvalue weighted by atomic mass is 10.1. The Morgan fingerprint density at radius 2 is 2.15 bits per heavy atom. The molecule has 0 radical (unpaired) electrons. The zero-order valence-corrected chi connectivity index (χ0v) is 15.8. The van der Waals surface area contributed by atoms with Gasteiger partial charge in [-0.3, -0.25) is 9.59 Å². The molecule has 2 aromatic rings. The number of hydrogen-bond donors (Lipinski definition) is 1. The number of nitrogens with zero attached hydrogens (tertiary/aromatic N) is 1. The smallest absolute Gasteiger partial charge is 0.224 e. The molecule has 0 saturated carbocycles. The number of benzene rings is 1. The molecule has 1 N–H and O–H groups in total. The van der Waals surface area contributed by atoms with E-state index in [1.807, 2.05) is 30.0 Å². The minimum absolute atomic E-state index is 0.0389. The van der Waals surface area contributed by atoms with Crippen LogP contribution in [0, 0.1) is 0 Å². The zero-order valence-electron chi connectivity index (χ0n) is 15.0. The summed E-state index contributed by atoms with van der Waals surface area (Å²) in [6.07, 6.45) is 2.26. The fraction of sp³-hybridized carbons (Fsp3) is 0.400. The minimum Gasteiger partial charge on any atom is -0.494 e. The highest BCUT2D eigenvalue weighted by Crippen LogP contribution is 2.24. The normalized spacial score (nSPS) is 13.2. The monoisotopic (exact) mass is 372 g/mol. The van der Waals surface area contributed by atoms with E-state index >= 15 is 0 Å². The highest BCUT2D eigenvalue weighted by molar-refractivity contribution is 7.10. The molecule has 1 aromatic heterocycles. The molecule has 6 heteroatoms. The second-order valence-electron chi connectivity index (χ2n) is 6.36. The first-order valence-corrected chi connectivity index (χ1v) is 9.89. The number of carbonyl (C=O) groups is 2. The molecule has 0 atom stereocenters. The summed E-state index contributed by atoms with van der Waals surface area (Å²) in [7, 11) is 0. The highest BCUT2D eigenvalue weighted by Gasteiger charge is 2.21. The van der Waals surface area contributed by atoms with Gasteiger partial charge in [0.05, 0.1) is 6.61 Å². The number of fused-ring (bicyclic) bond motifs is 1. The predicted molar refractivity (Wildman–Crippen MR) is 104 cm³/mol. The Labute approximate surface area is 158 Å². The second kappa shape index (κ2) is 8.85. The summed E-state index contributed by atoms with van der Waals surface area (Å²) in [4.78, 5) is 27.8. The van der Waals surface area contributed by atoms with E-state index in [1.54, 1.807) is 17.4 Å². The zero-order chi connectivity index (χ0) is 18.4. The molecule has 0 saturated heterocycles. The van der Waals surface area contributed by atoms with Crippen LogP contribution in [-0.4, -0.2) is 29.9 Å². The van der Waals surface area contributed by atoms with Crippen LogP contribution in [0.25, 0.3) is 0 Å². The van der Waals surface area contributed by atoms with Crippen molar-refractivity contribution in [3.8, 4) is 5.75 Å². The maximum atomic E-state index is 12.4. The van der Waals surface area contributed by atoms with Gasteiger partial charge >= 0.3 is 0 Å². The van der Waals surface area contributed by atoms with E-state index in [0.717, 1.165) is 25.1 Å². The molecular weight excluding hydrogens is 348 g/mol. The lowest BCUT2D eigenvalue weighted by Crippen LogP contribution is -2.35. The summed E-state index contributed by atoms with van der Waals surface area (Å²) in [6, 6.07) is 9.42. The van der Waals surface area contributed by atoms with Gasteiger partial charge in [-0.05, 0) is 42.0 Å². The quantitative estimate of drug-likeness (QED) is 0.803. The summed E-state index contributed by atoms with van der Waals surface area (Å²) in [5.74, 6) is 0.622. The van der Waals surface area contributed by atoms with Crippen LogP contribution >= 0.6 is 11.3 Å². The molecule has 1 aromatic carbocycles. The highest BCUT2D eigenvalue weighted by atomic mass is 32.1. The van der Waals surface area contributed by atoms with Gasteiger partial charge in [-0.25, -0.2) is 0 Å². The van der Waals surface area contributed by atoms with Crippen LogP contribution in [0.1, 0.15) is 36.6 Å². The average molecular weight is 372 g/mol. The van der Waals surface area contributed by atoms with Crippen LogP contribution in [0.2, 0.25) is 0 Å². The fourth-order valence-corrected chi connectivity index (χ4v) is 3.84. The Balaban J connectivity index is 1.46. The number of amides is 2. The lowest BCUT2D eigenvalue weighted by Gasteiger charge is -2.27. The Morgan fingerprint density at radius 3 is 3.00 bits per heavy atom. The van der Waals surface area contributed by atoms with Gasteiger partial charge in [0, 0.05) is 42.6 Å². The van der Waals surface area contributed by atoms with Crippen LogP contribution in [-0.2, 0) is 22.6 Å². The van der Waals surface area contributed by atoms with Gasteiger partial charge in [-0.1, -0.05) is 13.0 Å². The standard InChI is InChI=1S/C20H24N2O3S/c1-2-11-25-17-5-3-4-16(13-17)21-19(23)6-7-20(24)22-10-8-18-15(14-22)9-12-26-18/h3-5,9,12-13H,2,6-8,10-11,14H2,1H3,(H,21,23). The first-order chi connectivity index (χ1) is 12.7. The third kappa shape index (κ3) is 4.85. The lowest BCUT2D eigenvalue weighted by molar-refractivity contribution is -0.133. The number of anilines is 1. The Kier molecular flexibility index (Phi) is 6.28. The molecule has 2 heterocycles. The van der Waals surface area contributed by atoms with Crippen LogP contribution in [0.15, 0.2) is 35.7 Å². The van der Waals surface area contributed by atoms with E-state index < -0.39 is 0 Å². The predicted octanol–water partition coefficient (Wildman–Crippen LogP) is 3.84. The average Bonchev–Trinajstić information content (AvgIpc) is 3.12. The van der Waals surface area contributed by atoms with E-state index in [4.69, 9.17) is 4.74 Å². The first kappa shape index (κ1) is 18.5. The van der Waals surface area contributed by atoms with Crippen LogP contribution in [0.4, 0.5) is 5.69 Å². The number of nitrogens with one attached hydrogen (secondary N) is 1. The number of carbonyl (C=O) groups excluding carboxylic acids is 2. The topological polar surface area (TPSA) is 58.6 Å². The van der Waals surface area contributed by atoms with Crippen LogP contribution < -0.4 is 10.1 Å². The Bertz CT molecular complexity index is 772. The third-order valence-corrected chi connectivity index (χ3v) is 5.34. The van der Waals surface area contributed by atoms with Crippen LogP contribution in [0.3, 0.4) is 0 Å². The number of ether oxygens (including phenoxy) is 1. The third-order valence-electron chi connectivity index (χ3n) is 4.32. The van der Waals surface area contributed by atoms with Crippen molar-refractivity contribution in [1.82, 2.24) is 4.90 Å². The summed E-state index contributed by atoms with van der Waals surface area (Å²) in [5.41, 5.74) is 1.93. The van der Waals surface area contributed by atoms with Crippen molar-refractivity contribution in [3.63, 3.8) is 0 Å². The van der Waals surface area contributed by atoms with Gasteiger partial charge in [0.15, 0.2) is 0 Å².